The van der Waals surface area contributed by atoms with Crippen LogP contribution in [0, 0.1) is 12.8 Å². The minimum absolute atomic E-state index is 0.00658. The molecule has 0 heterocycles. The number of esters is 1. The Morgan fingerprint density at radius 3 is 2.59 bits per heavy atom. The molecule has 1 aliphatic rings. The lowest BCUT2D eigenvalue weighted by molar-refractivity contribution is -0.159. The highest BCUT2D eigenvalue weighted by Crippen LogP contribution is 2.37. The van der Waals surface area contributed by atoms with Crippen molar-refractivity contribution in [3.05, 3.63) is 34.4 Å². The van der Waals surface area contributed by atoms with Gasteiger partial charge < -0.3 is 9.47 Å². The SMILES string of the molecule is COCc1ccc(C)c2c1C(=O)CC(C(C)(C)OC(C)=O)C2. The molecule has 4 heteroatoms. The molecule has 0 amide bonds. The Kier molecular flexibility index (Phi) is 4.71. The number of methoxy groups -OCH3 is 1. The molecule has 0 N–H and O–H groups in total. The number of benzene rings is 1. The number of Topliss-reactive ketones (excluding diaryl/α,β-unsaturated/α-hetero) is 1. The van der Waals surface area contributed by atoms with Crippen LogP contribution in [0.15, 0.2) is 12.1 Å². The third-order valence-electron chi connectivity index (χ3n) is 4.48. The highest BCUT2D eigenvalue weighted by atomic mass is 16.6. The number of hydrogen-bond donors (Lipinski definition) is 0. The van der Waals surface area contributed by atoms with Crippen molar-refractivity contribution in [1.82, 2.24) is 0 Å². The zero-order valence-electron chi connectivity index (χ0n) is 14.0. The van der Waals surface area contributed by atoms with Crippen molar-refractivity contribution >= 4 is 11.8 Å². The number of aryl methyl sites for hydroxylation is 1. The predicted molar refractivity (Wildman–Crippen MR) is 83.9 cm³/mol. The van der Waals surface area contributed by atoms with Crippen molar-refractivity contribution in [2.45, 2.75) is 52.7 Å². The molecule has 0 bridgehead atoms. The van der Waals surface area contributed by atoms with Crippen LogP contribution in [0.25, 0.3) is 0 Å². The highest BCUT2D eigenvalue weighted by Gasteiger charge is 2.39. The van der Waals surface area contributed by atoms with Crippen molar-refractivity contribution in [2.75, 3.05) is 7.11 Å². The lowest BCUT2D eigenvalue weighted by atomic mass is 9.73. The molecular weight excluding hydrogens is 280 g/mol. The molecule has 0 radical (unpaired) electrons. The van der Waals surface area contributed by atoms with E-state index < -0.39 is 5.60 Å². The van der Waals surface area contributed by atoms with Crippen molar-refractivity contribution in [3.8, 4) is 0 Å². The number of hydrogen-bond acceptors (Lipinski definition) is 4. The third kappa shape index (κ3) is 3.22. The number of ketones is 1. The average molecular weight is 304 g/mol. The van der Waals surface area contributed by atoms with Crippen LogP contribution in [-0.4, -0.2) is 24.5 Å². The third-order valence-corrected chi connectivity index (χ3v) is 4.48. The van der Waals surface area contributed by atoms with E-state index in [0.29, 0.717) is 13.0 Å². The van der Waals surface area contributed by atoms with Gasteiger partial charge in [-0.2, -0.15) is 0 Å². The molecule has 0 fully saturated rings. The number of carbonyl (C=O) groups is 2. The van der Waals surface area contributed by atoms with Gasteiger partial charge in [0.2, 0.25) is 0 Å². The predicted octanol–water partition coefficient (Wildman–Crippen LogP) is 3.23. The first-order chi connectivity index (χ1) is 10.3. The average Bonchev–Trinajstić information content (AvgIpc) is 2.40. The lowest BCUT2D eigenvalue weighted by Gasteiger charge is -2.37. The van der Waals surface area contributed by atoms with Gasteiger partial charge in [-0.3, -0.25) is 9.59 Å². The number of rotatable bonds is 4. The quantitative estimate of drug-likeness (QED) is 0.801. The maximum absolute atomic E-state index is 12.7. The maximum atomic E-state index is 12.7. The van der Waals surface area contributed by atoms with Crippen molar-refractivity contribution in [1.29, 1.82) is 0 Å². The zero-order valence-corrected chi connectivity index (χ0v) is 14.0. The molecule has 0 spiro atoms. The largest absolute Gasteiger partial charge is 0.460 e. The summed E-state index contributed by atoms with van der Waals surface area (Å²) in [5.74, 6) is -0.205. The van der Waals surface area contributed by atoms with E-state index in [4.69, 9.17) is 9.47 Å². The fourth-order valence-corrected chi connectivity index (χ4v) is 3.28. The summed E-state index contributed by atoms with van der Waals surface area (Å²) >= 11 is 0. The van der Waals surface area contributed by atoms with Crippen LogP contribution in [0.2, 0.25) is 0 Å². The van der Waals surface area contributed by atoms with E-state index in [1.54, 1.807) is 7.11 Å². The Morgan fingerprint density at radius 1 is 1.32 bits per heavy atom. The molecule has 0 aliphatic heterocycles. The molecule has 0 saturated carbocycles. The Bertz CT molecular complexity index is 601. The summed E-state index contributed by atoms with van der Waals surface area (Å²) in [5, 5.41) is 0. The van der Waals surface area contributed by atoms with Gasteiger partial charge in [-0.1, -0.05) is 12.1 Å². The Balaban J connectivity index is 2.40. The summed E-state index contributed by atoms with van der Waals surface area (Å²) in [7, 11) is 1.63. The van der Waals surface area contributed by atoms with Crippen molar-refractivity contribution < 1.29 is 19.1 Å². The molecule has 2 rings (SSSR count). The zero-order chi connectivity index (χ0) is 16.5. The van der Waals surface area contributed by atoms with Crippen LogP contribution in [0.5, 0.6) is 0 Å². The van der Waals surface area contributed by atoms with Crippen LogP contribution in [0.3, 0.4) is 0 Å². The molecule has 22 heavy (non-hydrogen) atoms. The van der Waals surface area contributed by atoms with Crippen molar-refractivity contribution in [2.24, 2.45) is 5.92 Å². The molecule has 1 aromatic carbocycles. The van der Waals surface area contributed by atoms with E-state index in [1.807, 2.05) is 32.9 Å². The van der Waals surface area contributed by atoms with E-state index >= 15 is 0 Å². The fraction of sp³-hybridized carbons (Fsp3) is 0.556. The Labute approximate surface area is 131 Å². The minimum atomic E-state index is -0.650. The summed E-state index contributed by atoms with van der Waals surface area (Å²) in [4.78, 5) is 24.0. The highest BCUT2D eigenvalue weighted by molar-refractivity contribution is 6.00. The second kappa shape index (κ2) is 6.21. The first kappa shape index (κ1) is 16.7. The number of ether oxygens (including phenoxy) is 2. The van der Waals surface area contributed by atoms with E-state index in [9.17, 15) is 9.59 Å². The van der Waals surface area contributed by atoms with Gasteiger partial charge >= 0.3 is 5.97 Å². The molecule has 120 valence electrons. The fourth-order valence-electron chi connectivity index (χ4n) is 3.28. The van der Waals surface area contributed by atoms with Crippen LogP contribution in [0.4, 0.5) is 0 Å². The summed E-state index contributed by atoms with van der Waals surface area (Å²) in [6.45, 7) is 7.62. The minimum Gasteiger partial charge on any atom is -0.460 e. The van der Waals surface area contributed by atoms with Crippen molar-refractivity contribution in [3.63, 3.8) is 0 Å². The van der Waals surface area contributed by atoms with Gasteiger partial charge in [-0.25, -0.2) is 0 Å². The van der Waals surface area contributed by atoms with E-state index in [-0.39, 0.29) is 17.7 Å². The molecule has 1 unspecified atom stereocenters. The Hall–Kier alpha value is -1.68. The van der Waals surface area contributed by atoms with E-state index in [1.165, 1.54) is 6.92 Å². The standard InChI is InChI=1S/C18H24O4/c1-11-6-7-13(10-21-5)17-15(11)8-14(9-16(17)20)18(3,4)22-12(2)19/h6-7,14H,8-10H2,1-5H3. The molecule has 0 aromatic heterocycles. The number of carbonyl (C=O) groups excluding carboxylic acids is 2. The molecule has 1 aliphatic carbocycles. The van der Waals surface area contributed by atoms with E-state index in [0.717, 1.165) is 28.7 Å². The van der Waals surface area contributed by atoms with Crippen LogP contribution < -0.4 is 0 Å². The molecule has 4 nitrogen and oxygen atoms in total. The summed E-state index contributed by atoms with van der Waals surface area (Å²) in [5.41, 5.74) is 3.26. The second-order valence-corrected chi connectivity index (χ2v) is 6.55. The van der Waals surface area contributed by atoms with Gasteiger partial charge in [0, 0.05) is 31.9 Å². The van der Waals surface area contributed by atoms with Gasteiger partial charge in [-0.15, -0.1) is 0 Å². The summed E-state index contributed by atoms with van der Waals surface area (Å²) < 4.78 is 10.6. The molecule has 0 saturated heterocycles. The first-order valence-corrected chi connectivity index (χ1v) is 7.59. The first-order valence-electron chi connectivity index (χ1n) is 7.59. The van der Waals surface area contributed by atoms with Gasteiger partial charge in [0.15, 0.2) is 5.78 Å². The van der Waals surface area contributed by atoms with Gasteiger partial charge in [0.1, 0.15) is 5.60 Å². The lowest BCUT2D eigenvalue weighted by Crippen LogP contribution is -2.41. The molecular formula is C18H24O4. The Morgan fingerprint density at radius 2 is 2.00 bits per heavy atom. The van der Waals surface area contributed by atoms with E-state index in [2.05, 4.69) is 0 Å². The smallest absolute Gasteiger partial charge is 0.303 e. The summed E-state index contributed by atoms with van der Waals surface area (Å²) in [6.07, 6.45) is 1.14. The maximum Gasteiger partial charge on any atom is 0.303 e. The monoisotopic (exact) mass is 304 g/mol. The van der Waals surface area contributed by atoms with Gasteiger partial charge in [0.05, 0.1) is 6.61 Å². The van der Waals surface area contributed by atoms with Gasteiger partial charge in [0.25, 0.3) is 0 Å². The molecule has 1 atom stereocenters. The normalized spacial score (nSPS) is 18.0. The summed E-state index contributed by atoms with van der Waals surface area (Å²) in [6, 6.07) is 3.99. The van der Waals surface area contributed by atoms with Crippen LogP contribution >= 0.6 is 0 Å². The second-order valence-electron chi connectivity index (χ2n) is 6.55. The number of fused-ring (bicyclic) bond motifs is 1. The van der Waals surface area contributed by atoms with Crippen LogP contribution in [0.1, 0.15) is 54.2 Å². The topological polar surface area (TPSA) is 52.6 Å². The molecule has 1 aromatic rings. The van der Waals surface area contributed by atoms with Crippen LogP contribution in [-0.2, 0) is 27.3 Å². The van der Waals surface area contributed by atoms with Gasteiger partial charge in [-0.05, 0) is 43.9 Å².